The standard InChI is InChI=1S/C15H25N/c1-5-13(4)14-6-8-15(9-7-14)16-11-10-12(2)3/h6-9,12-13,16H,5,10-11H2,1-4H3. The van der Waals surface area contributed by atoms with E-state index >= 15 is 0 Å². The Morgan fingerprint density at radius 1 is 1.06 bits per heavy atom. The van der Waals surface area contributed by atoms with Gasteiger partial charge in [-0.15, -0.1) is 0 Å². The number of benzene rings is 1. The molecule has 1 nitrogen and oxygen atoms in total. The molecule has 0 heterocycles. The third-order valence-corrected chi connectivity index (χ3v) is 3.14. The molecule has 0 amide bonds. The molecule has 0 bridgehead atoms. The quantitative estimate of drug-likeness (QED) is 0.734. The van der Waals surface area contributed by atoms with Crippen LogP contribution >= 0.6 is 0 Å². The van der Waals surface area contributed by atoms with Gasteiger partial charge in [0.2, 0.25) is 0 Å². The number of rotatable bonds is 6. The molecule has 1 N–H and O–H groups in total. The van der Waals surface area contributed by atoms with E-state index in [1.54, 1.807) is 0 Å². The van der Waals surface area contributed by atoms with Crippen LogP contribution in [0.3, 0.4) is 0 Å². The lowest BCUT2D eigenvalue weighted by Crippen LogP contribution is -2.04. The highest BCUT2D eigenvalue weighted by Gasteiger charge is 2.02. The van der Waals surface area contributed by atoms with E-state index in [0.29, 0.717) is 5.92 Å². The summed E-state index contributed by atoms with van der Waals surface area (Å²) in [4.78, 5) is 0. The van der Waals surface area contributed by atoms with Gasteiger partial charge in [0.05, 0.1) is 0 Å². The minimum absolute atomic E-state index is 0.671. The van der Waals surface area contributed by atoms with Crippen LogP contribution in [0.15, 0.2) is 24.3 Å². The van der Waals surface area contributed by atoms with Crippen molar-refractivity contribution in [1.82, 2.24) is 0 Å². The zero-order valence-electron chi connectivity index (χ0n) is 11.1. The monoisotopic (exact) mass is 219 g/mol. The lowest BCUT2D eigenvalue weighted by Gasteiger charge is -2.11. The fourth-order valence-electron chi connectivity index (χ4n) is 1.67. The largest absolute Gasteiger partial charge is 0.385 e. The van der Waals surface area contributed by atoms with Gasteiger partial charge in [0.15, 0.2) is 0 Å². The van der Waals surface area contributed by atoms with E-state index in [1.807, 2.05) is 0 Å². The first-order valence-corrected chi connectivity index (χ1v) is 6.47. The van der Waals surface area contributed by atoms with Crippen molar-refractivity contribution in [2.45, 2.75) is 46.5 Å². The van der Waals surface area contributed by atoms with Gasteiger partial charge in [0, 0.05) is 12.2 Å². The molecule has 90 valence electrons. The van der Waals surface area contributed by atoms with Gasteiger partial charge < -0.3 is 5.32 Å². The van der Waals surface area contributed by atoms with Crippen LogP contribution in [0.2, 0.25) is 0 Å². The van der Waals surface area contributed by atoms with Gasteiger partial charge in [-0.25, -0.2) is 0 Å². The fourth-order valence-corrected chi connectivity index (χ4v) is 1.67. The highest BCUT2D eigenvalue weighted by atomic mass is 14.9. The molecular weight excluding hydrogens is 194 g/mol. The minimum atomic E-state index is 0.671. The summed E-state index contributed by atoms with van der Waals surface area (Å²) in [5.74, 6) is 1.44. The molecule has 1 aromatic carbocycles. The summed E-state index contributed by atoms with van der Waals surface area (Å²) in [6, 6.07) is 8.88. The van der Waals surface area contributed by atoms with Gasteiger partial charge >= 0.3 is 0 Å². The first-order valence-electron chi connectivity index (χ1n) is 6.47. The van der Waals surface area contributed by atoms with Crippen molar-refractivity contribution < 1.29 is 0 Å². The summed E-state index contributed by atoms with van der Waals surface area (Å²) in [5.41, 5.74) is 2.68. The average molecular weight is 219 g/mol. The Morgan fingerprint density at radius 3 is 2.19 bits per heavy atom. The molecule has 0 radical (unpaired) electrons. The van der Waals surface area contributed by atoms with Gasteiger partial charge in [0.1, 0.15) is 0 Å². The molecule has 1 unspecified atom stereocenters. The number of hydrogen-bond acceptors (Lipinski definition) is 1. The van der Waals surface area contributed by atoms with Gasteiger partial charge in [-0.05, 0) is 42.4 Å². The van der Waals surface area contributed by atoms with Gasteiger partial charge in [-0.3, -0.25) is 0 Å². The van der Waals surface area contributed by atoms with Crippen LogP contribution in [-0.4, -0.2) is 6.54 Å². The van der Waals surface area contributed by atoms with Crippen LogP contribution < -0.4 is 5.32 Å². The van der Waals surface area contributed by atoms with Crippen molar-refractivity contribution in [1.29, 1.82) is 0 Å². The zero-order valence-corrected chi connectivity index (χ0v) is 11.1. The molecule has 1 atom stereocenters. The Hall–Kier alpha value is -0.980. The van der Waals surface area contributed by atoms with Gasteiger partial charge in [-0.2, -0.15) is 0 Å². The highest BCUT2D eigenvalue weighted by molar-refractivity contribution is 5.45. The summed E-state index contributed by atoms with van der Waals surface area (Å²) >= 11 is 0. The average Bonchev–Trinajstić information content (AvgIpc) is 2.28. The fraction of sp³-hybridized carbons (Fsp3) is 0.600. The summed E-state index contributed by atoms with van der Waals surface area (Å²) in [6.07, 6.45) is 2.44. The van der Waals surface area contributed by atoms with Crippen molar-refractivity contribution in [2.24, 2.45) is 5.92 Å². The molecule has 0 aliphatic rings. The van der Waals surface area contributed by atoms with Crippen molar-refractivity contribution in [3.8, 4) is 0 Å². The van der Waals surface area contributed by atoms with E-state index in [2.05, 4.69) is 57.3 Å². The van der Waals surface area contributed by atoms with E-state index in [4.69, 9.17) is 0 Å². The van der Waals surface area contributed by atoms with Gasteiger partial charge in [0.25, 0.3) is 0 Å². The van der Waals surface area contributed by atoms with Crippen LogP contribution in [0, 0.1) is 5.92 Å². The second kappa shape index (κ2) is 6.57. The zero-order chi connectivity index (χ0) is 12.0. The predicted octanol–water partition coefficient (Wildman–Crippen LogP) is 4.66. The molecule has 1 rings (SSSR count). The normalized spacial score (nSPS) is 12.8. The number of anilines is 1. The first kappa shape index (κ1) is 13.1. The van der Waals surface area contributed by atoms with Crippen molar-refractivity contribution in [2.75, 3.05) is 11.9 Å². The smallest absolute Gasteiger partial charge is 0.0340 e. The molecule has 0 fully saturated rings. The first-order chi connectivity index (χ1) is 7.63. The maximum absolute atomic E-state index is 3.46. The molecule has 1 aromatic rings. The van der Waals surface area contributed by atoms with E-state index in [9.17, 15) is 0 Å². The molecular formula is C15H25N. The van der Waals surface area contributed by atoms with Crippen LogP contribution in [-0.2, 0) is 0 Å². The summed E-state index contributed by atoms with van der Waals surface area (Å²) in [5, 5.41) is 3.46. The molecule has 0 aliphatic carbocycles. The summed E-state index contributed by atoms with van der Waals surface area (Å²) < 4.78 is 0. The Kier molecular flexibility index (Phi) is 5.37. The molecule has 0 saturated heterocycles. The van der Waals surface area contributed by atoms with Crippen LogP contribution in [0.5, 0.6) is 0 Å². The van der Waals surface area contributed by atoms with E-state index in [1.165, 1.54) is 24.1 Å². The lowest BCUT2D eigenvalue weighted by atomic mass is 9.98. The lowest BCUT2D eigenvalue weighted by molar-refractivity contribution is 0.607. The summed E-state index contributed by atoms with van der Waals surface area (Å²) in [7, 11) is 0. The highest BCUT2D eigenvalue weighted by Crippen LogP contribution is 2.20. The van der Waals surface area contributed by atoms with Crippen molar-refractivity contribution in [3.05, 3.63) is 29.8 Å². The van der Waals surface area contributed by atoms with E-state index in [0.717, 1.165) is 12.5 Å². The molecule has 16 heavy (non-hydrogen) atoms. The van der Waals surface area contributed by atoms with Crippen LogP contribution in [0.4, 0.5) is 5.69 Å². The molecule has 0 saturated carbocycles. The number of hydrogen-bond donors (Lipinski definition) is 1. The second-order valence-corrected chi connectivity index (χ2v) is 5.04. The van der Waals surface area contributed by atoms with Crippen molar-refractivity contribution in [3.63, 3.8) is 0 Å². The third kappa shape index (κ3) is 4.26. The molecule has 0 aromatic heterocycles. The second-order valence-electron chi connectivity index (χ2n) is 5.04. The Bertz CT molecular complexity index is 287. The minimum Gasteiger partial charge on any atom is -0.385 e. The van der Waals surface area contributed by atoms with E-state index in [-0.39, 0.29) is 0 Å². The SMILES string of the molecule is CCC(C)c1ccc(NCCC(C)C)cc1. The topological polar surface area (TPSA) is 12.0 Å². The number of nitrogens with one attached hydrogen (secondary N) is 1. The molecule has 0 spiro atoms. The third-order valence-electron chi connectivity index (χ3n) is 3.14. The molecule has 1 heteroatoms. The maximum Gasteiger partial charge on any atom is 0.0340 e. The Balaban J connectivity index is 2.45. The van der Waals surface area contributed by atoms with Crippen LogP contribution in [0.25, 0.3) is 0 Å². The summed E-state index contributed by atoms with van der Waals surface area (Å²) in [6.45, 7) is 10.1. The van der Waals surface area contributed by atoms with Gasteiger partial charge in [-0.1, -0.05) is 39.8 Å². The van der Waals surface area contributed by atoms with Crippen LogP contribution in [0.1, 0.15) is 52.0 Å². The maximum atomic E-state index is 3.46. The van der Waals surface area contributed by atoms with Crippen molar-refractivity contribution >= 4 is 5.69 Å². The molecule has 0 aliphatic heterocycles. The predicted molar refractivity (Wildman–Crippen MR) is 73.1 cm³/mol. The Morgan fingerprint density at radius 2 is 1.69 bits per heavy atom. The Labute approximate surface area is 100 Å². The van der Waals surface area contributed by atoms with E-state index < -0.39 is 0 Å².